The highest BCUT2D eigenvalue weighted by Crippen LogP contribution is 2.29. The number of hydrogen-bond acceptors (Lipinski definition) is 7. The molecule has 1 aromatic carbocycles. The Morgan fingerprint density at radius 2 is 1.97 bits per heavy atom. The van der Waals surface area contributed by atoms with E-state index in [2.05, 4.69) is 20.5 Å². The molecule has 10 nitrogen and oxygen atoms in total. The number of nitro benzene ring substituents is 1. The van der Waals surface area contributed by atoms with Crippen LogP contribution in [0.25, 0.3) is 5.82 Å². The lowest BCUT2D eigenvalue weighted by Crippen LogP contribution is -2.41. The van der Waals surface area contributed by atoms with Crippen LogP contribution in [0.5, 0.6) is 0 Å². The zero-order valence-corrected chi connectivity index (χ0v) is 17.4. The van der Waals surface area contributed by atoms with E-state index in [0.29, 0.717) is 30.2 Å². The van der Waals surface area contributed by atoms with E-state index in [9.17, 15) is 14.9 Å². The van der Waals surface area contributed by atoms with Gasteiger partial charge in [0.05, 0.1) is 10.8 Å². The fourth-order valence-electron chi connectivity index (χ4n) is 3.83. The van der Waals surface area contributed by atoms with E-state index < -0.39 is 4.92 Å². The number of benzene rings is 1. The average Bonchev–Trinajstić information content (AvgIpc) is 3.21. The number of nitrogens with one attached hydrogen (secondary N) is 1. The Morgan fingerprint density at radius 3 is 2.65 bits per heavy atom. The van der Waals surface area contributed by atoms with Crippen molar-refractivity contribution >= 4 is 23.1 Å². The minimum Gasteiger partial charge on any atom is -0.354 e. The molecule has 4 rings (SSSR count). The molecule has 1 atom stereocenters. The first-order valence-corrected chi connectivity index (χ1v) is 10.1. The van der Waals surface area contributed by atoms with E-state index >= 15 is 0 Å². The van der Waals surface area contributed by atoms with Gasteiger partial charge in [-0.15, -0.1) is 10.2 Å². The molecular weight excluding hydrogens is 398 g/mol. The smallest absolute Gasteiger partial charge is 0.293 e. The predicted molar refractivity (Wildman–Crippen MR) is 115 cm³/mol. The number of imidazole rings is 1. The molecule has 1 aliphatic heterocycles. The number of nitro groups is 1. The fraction of sp³-hybridized carbons (Fsp3) is 0.333. The number of carbonyl (C=O) groups excluding carboxylic acids is 1. The SMILES string of the molecule is Cc1cccc([N+](=O)[O-])c1NC(=O)C1CCCN(c2ccc(-n3ccnc3C)nn2)C1. The molecule has 0 aliphatic carbocycles. The zero-order valence-electron chi connectivity index (χ0n) is 17.4. The number of carbonyl (C=O) groups is 1. The molecule has 1 fully saturated rings. The van der Waals surface area contributed by atoms with Crippen molar-refractivity contribution in [1.82, 2.24) is 19.7 Å². The number of nitrogens with zero attached hydrogens (tertiary/aromatic N) is 6. The van der Waals surface area contributed by atoms with Gasteiger partial charge in [-0.05, 0) is 44.4 Å². The third-order valence-electron chi connectivity index (χ3n) is 5.52. The van der Waals surface area contributed by atoms with Crippen LogP contribution in [-0.4, -0.2) is 43.7 Å². The Morgan fingerprint density at radius 1 is 1.19 bits per heavy atom. The van der Waals surface area contributed by atoms with Crippen LogP contribution in [0.4, 0.5) is 17.2 Å². The van der Waals surface area contributed by atoms with E-state index in [1.165, 1.54) is 6.07 Å². The quantitative estimate of drug-likeness (QED) is 0.497. The van der Waals surface area contributed by atoms with Gasteiger partial charge in [0.1, 0.15) is 11.5 Å². The van der Waals surface area contributed by atoms with E-state index in [4.69, 9.17) is 0 Å². The number of para-hydroxylation sites is 1. The third kappa shape index (κ3) is 4.23. The Hall–Kier alpha value is -3.82. The van der Waals surface area contributed by atoms with E-state index in [1.807, 2.05) is 34.7 Å². The first-order chi connectivity index (χ1) is 14.9. The third-order valence-corrected chi connectivity index (χ3v) is 5.52. The Balaban J connectivity index is 1.47. The molecule has 1 aliphatic rings. The number of piperidine rings is 1. The Bertz CT molecular complexity index is 1110. The van der Waals surface area contributed by atoms with Gasteiger partial charge in [-0.1, -0.05) is 12.1 Å². The molecule has 0 bridgehead atoms. The lowest BCUT2D eigenvalue weighted by atomic mass is 9.96. The van der Waals surface area contributed by atoms with Gasteiger partial charge in [0.2, 0.25) is 5.91 Å². The second-order valence-electron chi connectivity index (χ2n) is 7.59. The van der Waals surface area contributed by atoms with Crippen molar-refractivity contribution in [2.24, 2.45) is 5.92 Å². The van der Waals surface area contributed by atoms with Crippen molar-refractivity contribution in [3.8, 4) is 5.82 Å². The number of aryl methyl sites for hydroxylation is 2. The number of hydrogen-bond donors (Lipinski definition) is 1. The normalized spacial score (nSPS) is 16.2. The summed E-state index contributed by atoms with van der Waals surface area (Å²) in [7, 11) is 0. The molecular formula is C21H23N7O3. The summed E-state index contributed by atoms with van der Waals surface area (Å²) in [4.78, 5) is 30.0. The van der Waals surface area contributed by atoms with Gasteiger partial charge in [-0.3, -0.25) is 19.5 Å². The summed E-state index contributed by atoms with van der Waals surface area (Å²) in [6.07, 6.45) is 5.06. The number of aromatic nitrogens is 4. The number of amides is 1. The topological polar surface area (TPSA) is 119 Å². The summed E-state index contributed by atoms with van der Waals surface area (Å²) in [5.41, 5.74) is 0.818. The second kappa shape index (κ2) is 8.50. The maximum absolute atomic E-state index is 12.9. The predicted octanol–water partition coefficient (Wildman–Crippen LogP) is 3.04. The van der Waals surface area contributed by atoms with Crippen LogP contribution in [0, 0.1) is 29.9 Å². The zero-order chi connectivity index (χ0) is 22.0. The Labute approximate surface area is 179 Å². The van der Waals surface area contributed by atoms with Crippen molar-refractivity contribution in [2.45, 2.75) is 26.7 Å². The summed E-state index contributed by atoms with van der Waals surface area (Å²) < 4.78 is 1.85. The monoisotopic (exact) mass is 421 g/mol. The van der Waals surface area contributed by atoms with Gasteiger partial charge < -0.3 is 10.2 Å². The molecule has 2 aromatic heterocycles. The van der Waals surface area contributed by atoms with Gasteiger partial charge >= 0.3 is 0 Å². The van der Waals surface area contributed by atoms with Crippen molar-refractivity contribution < 1.29 is 9.72 Å². The van der Waals surface area contributed by atoms with Crippen molar-refractivity contribution in [3.05, 3.63) is 64.2 Å². The van der Waals surface area contributed by atoms with E-state index in [0.717, 1.165) is 18.8 Å². The van der Waals surface area contributed by atoms with Crippen LogP contribution in [0.1, 0.15) is 24.2 Å². The van der Waals surface area contributed by atoms with Gasteiger partial charge in [0.15, 0.2) is 11.6 Å². The maximum Gasteiger partial charge on any atom is 0.293 e. The molecule has 0 spiro atoms. The minimum atomic E-state index is -0.477. The highest BCUT2D eigenvalue weighted by atomic mass is 16.6. The highest BCUT2D eigenvalue weighted by molar-refractivity contribution is 5.96. The molecule has 1 unspecified atom stereocenters. The van der Waals surface area contributed by atoms with Gasteiger partial charge in [0, 0.05) is 31.5 Å². The van der Waals surface area contributed by atoms with Gasteiger partial charge in [-0.25, -0.2) is 4.98 Å². The van der Waals surface area contributed by atoms with Crippen molar-refractivity contribution in [1.29, 1.82) is 0 Å². The fourth-order valence-corrected chi connectivity index (χ4v) is 3.83. The Kier molecular flexibility index (Phi) is 5.61. The first kappa shape index (κ1) is 20.5. The van der Waals surface area contributed by atoms with Crippen LogP contribution >= 0.6 is 0 Å². The van der Waals surface area contributed by atoms with E-state index in [-0.39, 0.29) is 23.2 Å². The average molecular weight is 421 g/mol. The summed E-state index contributed by atoms with van der Waals surface area (Å²) in [6.45, 7) is 4.88. The molecule has 1 N–H and O–H groups in total. The highest BCUT2D eigenvalue weighted by Gasteiger charge is 2.28. The number of rotatable bonds is 5. The van der Waals surface area contributed by atoms with Gasteiger partial charge in [0.25, 0.3) is 5.69 Å². The summed E-state index contributed by atoms with van der Waals surface area (Å²) in [6, 6.07) is 8.51. The standard InChI is InChI=1S/C21H23N7O3/c1-14-5-3-7-17(28(30)31)20(14)23-21(29)16-6-4-11-26(13-16)18-8-9-19(25-24-18)27-12-10-22-15(27)2/h3,5,7-10,12,16H,4,6,11,13H2,1-2H3,(H,23,29). The van der Waals surface area contributed by atoms with E-state index in [1.54, 1.807) is 25.3 Å². The van der Waals surface area contributed by atoms with Gasteiger partial charge in [-0.2, -0.15) is 0 Å². The lowest BCUT2D eigenvalue weighted by Gasteiger charge is -2.32. The van der Waals surface area contributed by atoms with Crippen LogP contribution in [-0.2, 0) is 4.79 Å². The van der Waals surface area contributed by atoms with Crippen LogP contribution in [0.3, 0.4) is 0 Å². The van der Waals surface area contributed by atoms with Crippen LogP contribution in [0.2, 0.25) is 0 Å². The molecule has 3 aromatic rings. The minimum absolute atomic E-state index is 0.0998. The lowest BCUT2D eigenvalue weighted by molar-refractivity contribution is -0.384. The molecule has 160 valence electrons. The second-order valence-corrected chi connectivity index (χ2v) is 7.59. The molecule has 0 radical (unpaired) electrons. The van der Waals surface area contributed by atoms with Crippen LogP contribution < -0.4 is 10.2 Å². The molecule has 1 saturated heterocycles. The number of anilines is 2. The summed E-state index contributed by atoms with van der Waals surface area (Å²) >= 11 is 0. The maximum atomic E-state index is 12.9. The molecule has 10 heteroatoms. The molecule has 3 heterocycles. The van der Waals surface area contributed by atoms with Crippen molar-refractivity contribution in [3.63, 3.8) is 0 Å². The molecule has 1 amide bonds. The molecule has 0 saturated carbocycles. The molecule has 31 heavy (non-hydrogen) atoms. The van der Waals surface area contributed by atoms with Crippen LogP contribution in [0.15, 0.2) is 42.7 Å². The summed E-state index contributed by atoms with van der Waals surface area (Å²) in [5.74, 6) is 1.67. The summed E-state index contributed by atoms with van der Waals surface area (Å²) in [5, 5.41) is 22.7. The first-order valence-electron chi connectivity index (χ1n) is 10.1. The van der Waals surface area contributed by atoms with Crippen molar-refractivity contribution in [2.75, 3.05) is 23.3 Å². The largest absolute Gasteiger partial charge is 0.354 e.